The molecule has 4 nitrogen and oxygen atoms in total. The monoisotopic (exact) mass is 317 g/mol. The molecule has 2 aromatic rings. The molecule has 1 amide bonds. The van der Waals surface area contributed by atoms with Crippen LogP contribution in [0.5, 0.6) is 0 Å². The van der Waals surface area contributed by atoms with Crippen LogP contribution in [-0.2, 0) is 0 Å². The van der Waals surface area contributed by atoms with E-state index in [1.807, 2.05) is 18.2 Å². The Bertz CT molecular complexity index is 604. The highest BCUT2D eigenvalue weighted by molar-refractivity contribution is 6.32. The number of rotatable bonds is 7. The number of carbonyl (C=O) groups excluding carboxylic acids is 1. The molecule has 0 aliphatic carbocycles. The molecule has 0 aliphatic heterocycles. The summed E-state index contributed by atoms with van der Waals surface area (Å²) in [4.78, 5) is 18.2. The van der Waals surface area contributed by atoms with Gasteiger partial charge in [-0.2, -0.15) is 0 Å². The lowest BCUT2D eigenvalue weighted by Crippen LogP contribution is -2.30. The lowest BCUT2D eigenvalue weighted by molar-refractivity contribution is 0.0953. The first-order valence-electron chi connectivity index (χ1n) is 7.41. The van der Waals surface area contributed by atoms with Crippen molar-refractivity contribution in [2.24, 2.45) is 0 Å². The van der Waals surface area contributed by atoms with Gasteiger partial charge in [0, 0.05) is 31.5 Å². The standard InChI is InChI=1S/C17H20ClN3O/c1-2-21(14-8-4-3-5-9-14)13-7-12-20-17(22)15-10-6-11-19-16(15)18/h3-6,8-11H,2,7,12-13H2,1H3,(H,20,22). The van der Waals surface area contributed by atoms with E-state index in [4.69, 9.17) is 11.6 Å². The summed E-state index contributed by atoms with van der Waals surface area (Å²) < 4.78 is 0. The number of amides is 1. The van der Waals surface area contributed by atoms with Crippen LogP contribution in [-0.4, -0.2) is 30.5 Å². The molecule has 0 atom stereocenters. The van der Waals surface area contributed by atoms with Gasteiger partial charge in [-0.25, -0.2) is 4.98 Å². The highest BCUT2D eigenvalue weighted by Crippen LogP contribution is 2.13. The fourth-order valence-corrected chi connectivity index (χ4v) is 2.44. The van der Waals surface area contributed by atoms with Crippen LogP contribution in [0.15, 0.2) is 48.7 Å². The van der Waals surface area contributed by atoms with Gasteiger partial charge in [-0.05, 0) is 37.6 Å². The lowest BCUT2D eigenvalue weighted by Gasteiger charge is -2.23. The van der Waals surface area contributed by atoms with Gasteiger partial charge < -0.3 is 10.2 Å². The molecular formula is C17H20ClN3O. The second kappa shape index (κ2) is 8.39. The molecule has 1 heterocycles. The van der Waals surface area contributed by atoms with Crippen LogP contribution in [0, 0.1) is 0 Å². The molecule has 0 fully saturated rings. The Hall–Kier alpha value is -2.07. The van der Waals surface area contributed by atoms with Crippen LogP contribution < -0.4 is 10.2 Å². The van der Waals surface area contributed by atoms with Crippen molar-refractivity contribution in [3.05, 3.63) is 59.4 Å². The summed E-state index contributed by atoms with van der Waals surface area (Å²) in [6.45, 7) is 4.56. The second-order valence-electron chi connectivity index (χ2n) is 4.87. The molecule has 0 saturated carbocycles. The van der Waals surface area contributed by atoms with Crippen molar-refractivity contribution in [3.8, 4) is 0 Å². The predicted molar refractivity (Wildman–Crippen MR) is 90.5 cm³/mol. The SMILES string of the molecule is CCN(CCCNC(=O)c1cccnc1Cl)c1ccccc1. The normalized spacial score (nSPS) is 10.3. The van der Waals surface area contributed by atoms with E-state index in [0.717, 1.165) is 19.5 Å². The van der Waals surface area contributed by atoms with Gasteiger partial charge in [-0.1, -0.05) is 29.8 Å². The first-order chi connectivity index (χ1) is 10.7. The van der Waals surface area contributed by atoms with Gasteiger partial charge in [-0.15, -0.1) is 0 Å². The summed E-state index contributed by atoms with van der Waals surface area (Å²) in [6.07, 6.45) is 2.43. The molecule has 0 saturated heterocycles. The van der Waals surface area contributed by atoms with Crippen molar-refractivity contribution in [3.63, 3.8) is 0 Å². The molecule has 0 unspecified atom stereocenters. The molecule has 0 aliphatic rings. The van der Waals surface area contributed by atoms with Crippen LogP contribution >= 0.6 is 11.6 Å². The van der Waals surface area contributed by atoms with Crippen molar-refractivity contribution >= 4 is 23.2 Å². The first kappa shape index (κ1) is 16.3. The third kappa shape index (κ3) is 4.46. The first-order valence-corrected chi connectivity index (χ1v) is 7.79. The van der Waals surface area contributed by atoms with Gasteiger partial charge in [0.25, 0.3) is 5.91 Å². The third-order valence-corrected chi connectivity index (χ3v) is 3.70. The van der Waals surface area contributed by atoms with Gasteiger partial charge in [-0.3, -0.25) is 4.79 Å². The van der Waals surface area contributed by atoms with Crippen LogP contribution in [0.25, 0.3) is 0 Å². The number of hydrogen-bond acceptors (Lipinski definition) is 3. The summed E-state index contributed by atoms with van der Waals surface area (Å²) in [5, 5.41) is 3.12. The molecule has 1 aromatic heterocycles. The van der Waals surface area contributed by atoms with E-state index >= 15 is 0 Å². The zero-order valence-corrected chi connectivity index (χ0v) is 13.4. The van der Waals surface area contributed by atoms with E-state index in [1.54, 1.807) is 18.3 Å². The summed E-state index contributed by atoms with van der Waals surface area (Å²) in [5.74, 6) is -0.180. The predicted octanol–water partition coefficient (Wildman–Crippen LogP) is 3.38. The number of benzene rings is 1. The quantitative estimate of drug-likeness (QED) is 0.629. The molecular weight excluding hydrogens is 298 g/mol. The second-order valence-corrected chi connectivity index (χ2v) is 5.22. The van der Waals surface area contributed by atoms with Gasteiger partial charge in [0.15, 0.2) is 0 Å². The summed E-state index contributed by atoms with van der Waals surface area (Å²) in [6, 6.07) is 13.6. The number of nitrogens with zero attached hydrogens (tertiary/aromatic N) is 2. The molecule has 2 rings (SSSR count). The maximum Gasteiger partial charge on any atom is 0.254 e. The number of halogens is 1. The summed E-state index contributed by atoms with van der Waals surface area (Å²) in [7, 11) is 0. The van der Waals surface area contributed by atoms with Gasteiger partial charge in [0.1, 0.15) is 5.15 Å². The zero-order valence-electron chi connectivity index (χ0n) is 12.6. The maximum atomic E-state index is 12.0. The fraction of sp³-hybridized carbons (Fsp3) is 0.294. The fourth-order valence-electron chi connectivity index (χ4n) is 2.23. The molecule has 0 radical (unpaired) electrons. The molecule has 1 aromatic carbocycles. The molecule has 116 valence electrons. The molecule has 0 bridgehead atoms. The Morgan fingerprint density at radius 1 is 1.23 bits per heavy atom. The number of nitrogens with one attached hydrogen (secondary N) is 1. The van der Waals surface area contributed by atoms with Gasteiger partial charge >= 0.3 is 0 Å². The Labute approximate surface area is 136 Å². The summed E-state index contributed by atoms with van der Waals surface area (Å²) >= 11 is 5.90. The highest BCUT2D eigenvalue weighted by Gasteiger charge is 2.10. The van der Waals surface area contributed by atoms with Crippen molar-refractivity contribution in [2.45, 2.75) is 13.3 Å². The number of aromatic nitrogens is 1. The van der Waals surface area contributed by atoms with E-state index in [9.17, 15) is 4.79 Å². The smallest absolute Gasteiger partial charge is 0.254 e. The van der Waals surface area contributed by atoms with Gasteiger partial charge in [0.2, 0.25) is 0 Å². The largest absolute Gasteiger partial charge is 0.372 e. The van der Waals surface area contributed by atoms with E-state index in [0.29, 0.717) is 12.1 Å². The minimum absolute atomic E-state index is 0.180. The number of para-hydroxylation sites is 1. The van der Waals surface area contributed by atoms with Crippen molar-refractivity contribution in [1.29, 1.82) is 0 Å². The number of carbonyl (C=O) groups is 1. The van der Waals surface area contributed by atoms with Crippen LogP contribution in [0.3, 0.4) is 0 Å². The number of anilines is 1. The molecule has 22 heavy (non-hydrogen) atoms. The van der Waals surface area contributed by atoms with Crippen LogP contribution in [0.4, 0.5) is 5.69 Å². The Morgan fingerprint density at radius 3 is 2.68 bits per heavy atom. The average Bonchev–Trinajstić information content (AvgIpc) is 2.56. The maximum absolute atomic E-state index is 12.0. The van der Waals surface area contributed by atoms with Crippen LogP contribution in [0.1, 0.15) is 23.7 Å². The van der Waals surface area contributed by atoms with Crippen molar-refractivity contribution in [2.75, 3.05) is 24.5 Å². The molecule has 5 heteroatoms. The number of pyridine rings is 1. The van der Waals surface area contributed by atoms with Crippen molar-refractivity contribution < 1.29 is 4.79 Å². The van der Waals surface area contributed by atoms with Crippen molar-refractivity contribution in [1.82, 2.24) is 10.3 Å². The van der Waals surface area contributed by atoms with E-state index in [-0.39, 0.29) is 11.1 Å². The van der Waals surface area contributed by atoms with Crippen LogP contribution in [0.2, 0.25) is 5.15 Å². The van der Waals surface area contributed by atoms with E-state index in [2.05, 4.69) is 34.3 Å². The highest BCUT2D eigenvalue weighted by atomic mass is 35.5. The molecule has 0 spiro atoms. The zero-order chi connectivity index (χ0) is 15.8. The van der Waals surface area contributed by atoms with E-state index < -0.39 is 0 Å². The van der Waals surface area contributed by atoms with E-state index in [1.165, 1.54) is 5.69 Å². The lowest BCUT2D eigenvalue weighted by atomic mass is 10.2. The third-order valence-electron chi connectivity index (χ3n) is 3.40. The minimum atomic E-state index is -0.180. The average molecular weight is 318 g/mol. The Kier molecular flexibility index (Phi) is 6.22. The van der Waals surface area contributed by atoms with Gasteiger partial charge in [0.05, 0.1) is 5.56 Å². The minimum Gasteiger partial charge on any atom is -0.372 e. The summed E-state index contributed by atoms with van der Waals surface area (Å²) in [5.41, 5.74) is 1.62. The topological polar surface area (TPSA) is 45.2 Å². The Balaban J connectivity index is 1.79. The number of hydrogen-bond donors (Lipinski definition) is 1. The molecule has 1 N–H and O–H groups in total. The Morgan fingerprint density at radius 2 is 2.00 bits per heavy atom.